The van der Waals surface area contributed by atoms with Crippen LogP contribution in [0.25, 0.3) is 0 Å². The van der Waals surface area contributed by atoms with Gasteiger partial charge < -0.3 is 14.8 Å². The molecule has 0 unspecified atom stereocenters. The molecule has 5 rings (SSSR count). The molecule has 1 spiro atoms. The van der Waals surface area contributed by atoms with Crippen LogP contribution in [0.5, 0.6) is 0 Å². The number of carbonyl (C=O) groups is 4. The summed E-state index contributed by atoms with van der Waals surface area (Å²) in [7, 11) is 2.44. The van der Waals surface area contributed by atoms with Gasteiger partial charge >= 0.3 is 18.0 Å². The molecule has 0 fully saturated rings. The normalized spacial score (nSPS) is 21.6. The summed E-state index contributed by atoms with van der Waals surface area (Å²) in [5.41, 5.74) is 0.0928. The number of ether oxygens (including phenoxy) is 2. The zero-order valence-corrected chi connectivity index (χ0v) is 21.3. The van der Waals surface area contributed by atoms with Crippen LogP contribution in [0.15, 0.2) is 90.5 Å². The minimum absolute atomic E-state index is 0.0960. The number of urea groups is 1. The molecule has 3 aromatic rings. The number of methoxy groups -OCH3 is 2. The van der Waals surface area contributed by atoms with E-state index < -0.39 is 41.1 Å². The van der Waals surface area contributed by atoms with Crippen LogP contribution in [-0.2, 0) is 29.3 Å². The Bertz CT molecular complexity index is 1490. The zero-order valence-electron chi connectivity index (χ0n) is 20.5. The van der Waals surface area contributed by atoms with E-state index in [2.05, 4.69) is 5.32 Å². The van der Waals surface area contributed by atoms with Crippen molar-refractivity contribution in [1.82, 2.24) is 0 Å². The highest BCUT2D eigenvalue weighted by molar-refractivity contribution is 6.30. The van der Waals surface area contributed by atoms with Gasteiger partial charge in [0, 0.05) is 22.2 Å². The fourth-order valence-corrected chi connectivity index (χ4v) is 5.66. The number of halogens is 1. The fourth-order valence-electron chi connectivity index (χ4n) is 5.46. The van der Waals surface area contributed by atoms with Crippen molar-refractivity contribution in [3.05, 3.63) is 107 Å². The third-order valence-electron chi connectivity index (χ3n) is 7.00. The minimum atomic E-state index is -1.71. The molecule has 8 nitrogen and oxygen atoms in total. The number of benzene rings is 3. The molecule has 0 radical (unpaired) electrons. The molecule has 1 aliphatic heterocycles. The van der Waals surface area contributed by atoms with E-state index in [1.165, 1.54) is 20.3 Å². The van der Waals surface area contributed by atoms with Crippen molar-refractivity contribution in [1.29, 1.82) is 0 Å². The molecule has 3 aromatic carbocycles. The first-order chi connectivity index (χ1) is 18.3. The van der Waals surface area contributed by atoms with Crippen molar-refractivity contribution >= 4 is 46.9 Å². The minimum Gasteiger partial charge on any atom is -0.469 e. The van der Waals surface area contributed by atoms with Crippen molar-refractivity contribution in [2.75, 3.05) is 24.4 Å². The van der Waals surface area contributed by atoms with Gasteiger partial charge in [-0.1, -0.05) is 66.2 Å². The largest absolute Gasteiger partial charge is 0.469 e. The Morgan fingerprint density at radius 2 is 1.63 bits per heavy atom. The molecule has 9 heteroatoms. The van der Waals surface area contributed by atoms with E-state index in [0.29, 0.717) is 27.5 Å². The lowest BCUT2D eigenvalue weighted by Gasteiger charge is -2.31. The second kappa shape index (κ2) is 9.79. The topological polar surface area (TPSA) is 102 Å². The van der Waals surface area contributed by atoms with Gasteiger partial charge in [-0.3, -0.25) is 9.59 Å². The van der Waals surface area contributed by atoms with Crippen molar-refractivity contribution < 1.29 is 28.7 Å². The monoisotopic (exact) mass is 530 g/mol. The first kappa shape index (κ1) is 25.2. The number of anilines is 2. The highest BCUT2D eigenvalue weighted by atomic mass is 35.5. The fraction of sp³-hybridized carbons (Fsp3) is 0.172. The number of amides is 3. The molecule has 0 aromatic heterocycles. The van der Waals surface area contributed by atoms with E-state index in [9.17, 15) is 19.2 Å². The van der Waals surface area contributed by atoms with Crippen LogP contribution in [0.4, 0.5) is 16.2 Å². The Balaban J connectivity index is 1.72. The van der Waals surface area contributed by atoms with Crippen LogP contribution >= 0.6 is 11.6 Å². The van der Waals surface area contributed by atoms with E-state index in [1.807, 2.05) is 0 Å². The van der Waals surface area contributed by atoms with Crippen LogP contribution in [0.1, 0.15) is 17.0 Å². The van der Waals surface area contributed by atoms with Crippen molar-refractivity contribution in [3.63, 3.8) is 0 Å². The maximum Gasteiger partial charge on any atom is 0.334 e. The summed E-state index contributed by atoms with van der Waals surface area (Å²) in [6.45, 7) is 0. The predicted octanol–water partition coefficient (Wildman–Crippen LogP) is 4.84. The van der Waals surface area contributed by atoms with Gasteiger partial charge in [0.1, 0.15) is 5.41 Å². The summed E-state index contributed by atoms with van der Waals surface area (Å²) in [5.74, 6) is -4.27. The molecular formula is C29H23ClN2O6. The third kappa shape index (κ3) is 3.85. The number of esters is 2. The molecule has 0 saturated carbocycles. The number of nitrogens with one attached hydrogen (secondary N) is 1. The molecule has 1 heterocycles. The summed E-state index contributed by atoms with van der Waals surface area (Å²) >= 11 is 6.27. The average molecular weight is 531 g/mol. The van der Waals surface area contributed by atoms with Crippen molar-refractivity contribution in [3.8, 4) is 0 Å². The predicted molar refractivity (Wildman–Crippen MR) is 141 cm³/mol. The van der Waals surface area contributed by atoms with E-state index in [1.54, 1.807) is 78.9 Å². The summed E-state index contributed by atoms with van der Waals surface area (Å²) in [6.07, 6.45) is 1.45. The van der Waals surface area contributed by atoms with E-state index in [-0.39, 0.29) is 5.57 Å². The summed E-state index contributed by atoms with van der Waals surface area (Å²) in [4.78, 5) is 55.5. The number of fused-ring (bicyclic) bond motifs is 2. The number of nitrogens with zero attached hydrogens (tertiary/aromatic N) is 1. The molecule has 2 aliphatic rings. The van der Waals surface area contributed by atoms with Gasteiger partial charge in [0.15, 0.2) is 0 Å². The standard InChI is InChI=1S/C29H23ClN2O6/c1-37-25(33)20-16-29(24(26(34)38-2)23(20)17-9-8-10-18(30)15-17)21-13-6-7-14-22(21)32(27(29)35)28(36)31-19-11-4-3-5-12-19/h3-16,23-24H,1-2H3,(H,31,36)/t23-,24-,29-/m1/s1. The maximum absolute atomic E-state index is 14.4. The van der Waals surface area contributed by atoms with E-state index in [4.69, 9.17) is 21.1 Å². The third-order valence-corrected chi connectivity index (χ3v) is 7.24. The number of hydrogen-bond acceptors (Lipinski definition) is 6. The molecule has 0 bridgehead atoms. The number of hydrogen-bond donors (Lipinski definition) is 1. The SMILES string of the molecule is COC(=O)C1=C[C@]2(C(=O)N(C(=O)Nc3ccccc3)c3ccccc32)[C@@H](C(=O)OC)[C@@H]1c1cccc(Cl)c1. The maximum atomic E-state index is 14.4. The molecule has 0 saturated heterocycles. The number of rotatable bonds is 4. The molecule has 38 heavy (non-hydrogen) atoms. The van der Waals surface area contributed by atoms with Gasteiger partial charge in [-0.25, -0.2) is 14.5 Å². The molecule has 1 N–H and O–H groups in total. The Kier molecular flexibility index (Phi) is 6.50. The average Bonchev–Trinajstić information content (AvgIpc) is 3.42. The van der Waals surface area contributed by atoms with Crippen molar-refractivity contribution in [2.24, 2.45) is 5.92 Å². The van der Waals surface area contributed by atoms with Gasteiger partial charge in [-0.05, 0) is 41.5 Å². The quantitative estimate of drug-likeness (QED) is 0.484. The highest BCUT2D eigenvalue weighted by Crippen LogP contribution is 2.58. The lowest BCUT2D eigenvalue weighted by Crippen LogP contribution is -2.49. The van der Waals surface area contributed by atoms with Gasteiger partial charge in [0.05, 0.1) is 25.8 Å². The van der Waals surface area contributed by atoms with Gasteiger partial charge in [-0.15, -0.1) is 0 Å². The Morgan fingerprint density at radius 1 is 0.921 bits per heavy atom. The first-order valence-electron chi connectivity index (χ1n) is 11.8. The molecule has 1 aliphatic carbocycles. The van der Waals surface area contributed by atoms with Gasteiger partial charge in [0.25, 0.3) is 5.91 Å². The molecular weight excluding hydrogens is 508 g/mol. The van der Waals surface area contributed by atoms with Crippen LogP contribution < -0.4 is 10.2 Å². The van der Waals surface area contributed by atoms with Gasteiger partial charge in [-0.2, -0.15) is 0 Å². The zero-order chi connectivity index (χ0) is 27.0. The molecule has 3 amide bonds. The van der Waals surface area contributed by atoms with E-state index >= 15 is 0 Å². The first-order valence-corrected chi connectivity index (χ1v) is 12.2. The number of imide groups is 1. The van der Waals surface area contributed by atoms with E-state index in [0.717, 1.165) is 4.90 Å². The molecule has 3 atom stereocenters. The van der Waals surface area contributed by atoms with Crippen LogP contribution in [0.2, 0.25) is 5.02 Å². The Labute approximate surface area is 223 Å². The van der Waals surface area contributed by atoms with Crippen LogP contribution in [-0.4, -0.2) is 38.1 Å². The number of carbonyl (C=O) groups excluding carboxylic acids is 4. The summed E-state index contributed by atoms with van der Waals surface area (Å²) < 4.78 is 10.3. The lowest BCUT2D eigenvalue weighted by atomic mass is 9.69. The lowest BCUT2D eigenvalue weighted by molar-refractivity contribution is -0.150. The second-order valence-electron chi connectivity index (χ2n) is 8.95. The highest BCUT2D eigenvalue weighted by Gasteiger charge is 2.65. The van der Waals surface area contributed by atoms with Crippen LogP contribution in [0, 0.1) is 5.92 Å². The Morgan fingerprint density at radius 3 is 2.32 bits per heavy atom. The molecule has 192 valence electrons. The second-order valence-corrected chi connectivity index (χ2v) is 9.38. The Hall–Kier alpha value is -4.43. The van der Waals surface area contributed by atoms with Gasteiger partial charge in [0.2, 0.25) is 0 Å². The smallest absolute Gasteiger partial charge is 0.334 e. The number of para-hydroxylation sites is 2. The summed E-state index contributed by atoms with van der Waals surface area (Å²) in [5, 5.41) is 3.12. The summed E-state index contributed by atoms with van der Waals surface area (Å²) in [6, 6.07) is 21.4. The van der Waals surface area contributed by atoms with Crippen LogP contribution in [0.3, 0.4) is 0 Å². The van der Waals surface area contributed by atoms with Crippen molar-refractivity contribution in [2.45, 2.75) is 11.3 Å².